The molecule has 15 heavy (non-hydrogen) atoms. The van der Waals surface area contributed by atoms with Crippen LogP contribution < -0.4 is 20.9 Å². The lowest BCUT2D eigenvalue weighted by Crippen LogP contribution is -2.39. The molecule has 0 atom stereocenters. The SMILES string of the molecule is COc1ccc(NC(=S)NNC=O)cc1. The summed E-state index contributed by atoms with van der Waals surface area (Å²) in [5.74, 6) is 0.769. The van der Waals surface area contributed by atoms with Crippen molar-refractivity contribution in [3.8, 4) is 5.75 Å². The minimum atomic E-state index is 0.312. The highest BCUT2D eigenvalue weighted by Crippen LogP contribution is 2.14. The van der Waals surface area contributed by atoms with Crippen molar-refractivity contribution >= 4 is 29.4 Å². The van der Waals surface area contributed by atoms with Gasteiger partial charge in [-0.2, -0.15) is 0 Å². The van der Waals surface area contributed by atoms with Crippen LogP contribution in [-0.2, 0) is 4.79 Å². The quantitative estimate of drug-likeness (QED) is 0.399. The number of nitrogens with one attached hydrogen (secondary N) is 3. The molecule has 3 N–H and O–H groups in total. The molecule has 0 saturated carbocycles. The van der Waals surface area contributed by atoms with Gasteiger partial charge in [0.05, 0.1) is 7.11 Å². The molecule has 0 unspecified atom stereocenters. The zero-order chi connectivity index (χ0) is 11.1. The second-order valence-electron chi connectivity index (χ2n) is 2.57. The van der Waals surface area contributed by atoms with Crippen molar-refractivity contribution in [3.63, 3.8) is 0 Å². The van der Waals surface area contributed by atoms with Gasteiger partial charge < -0.3 is 10.1 Å². The van der Waals surface area contributed by atoms with E-state index in [0.717, 1.165) is 11.4 Å². The number of anilines is 1. The van der Waals surface area contributed by atoms with Crippen LogP contribution in [0.25, 0.3) is 0 Å². The number of hydrogen-bond donors (Lipinski definition) is 3. The lowest BCUT2D eigenvalue weighted by atomic mass is 10.3. The molecule has 80 valence electrons. The molecule has 0 aliphatic rings. The van der Waals surface area contributed by atoms with Crippen LogP contribution in [0.1, 0.15) is 0 Å². The van der Waals surface area contributed by atoms with Crippen molar-refractivity contribution in [1.29, 1.82) is 0 Å². The van der Waals surface area contributed by atoms with Crippen LogP contribution >= 0.6 is 12.2 Å². The monoisotopic (exact) mass is 225 g/mol. The lowest BCUT2D eigenvalue weighted by molar-refractivity contribution is -0.110. The molecule has 1 aromatic rings. The summed E-state index contributed by atoms with van der Waals surface area (Å²) in [6.45, 7) is 0. The van der Waals surface area contributed by atoms with E-state index in [1.165, 1.54) is 0 Å². The molecular formula is C9H11N3O2S. The maximum Gasteiger partial charge on any atom is 0.225 e. The molecular weight excluding hydrogens is 214 g/mol. The second kappa shape index (κ2) is 5.82. The fraction of sp³-hybridized carbons (Fsp3) is 0.111. The number of hydrazine groups is 1. The van der Waals surface area contributed by atoms with E-state index in [1.807, 2.05) is 12.1 Å². The minimum absolute atomic E-state index is 0.312. The largest absolute Gasteiger partial charge is 0.497 e. The van der Waals surface area contributed by atoms with Crippen molar-refractivity contribution in [1.82, 2.24) is 10.9 Å². The van der Waals surface area contributed by atoms with Gasteiger partial charge in [0, 0.05) is 5.69 Å². The molecule has 0 radical (unpaired) electrons. The Bertz CT molecular complexity index is 340. The zero-order valence-corrected chi connectivity index (χ0v) is 8.93. The van der Waals surface area contributed by atoms with E-state index in [9.17, 15) is 4.79 Å². The number of hydrogen-bond acceptors (Lipinski definition) is 3. The van der Waals surface area contributed by atoms with Crippen molar-refractivity contribution in [2.24, 2.45) is 0 Å². The van der Waals surface area contributed by atoms with Crippen LogP contribution in [0, 0.1) is 0 Å². The van der Waals surface area contributed by atoms with Crippen molar-refractivity contribution in [2.45, 2.75) is 0 Å². The molecule has 0 heterocycles. The predicted octanol–water partition coefficient (Wildman–Crippen LogP) is 0.643. The Balaban J connectivity index is 2.49. The van der Waals surface area contributed by atoms with Crippen LogP contribution in [-0.4, -0.2) is 18.6 Å². The summed E-state index contributed by atoms with van der Waals surface area (Å²) in [6.07, 6.45) is 0.502. The van der Waals surface area contributed by atoms with E-state index < -0.39 is 0 Å². The van der Waals surface area contributed by atoms with Gasteiger partial charge in [-0.1, -0.05) is 0 Å². The van der Waals surface area contributed by atoms with Crippen molar-refractivity contribution in [2.75, 3.05) is 12.4 Å². The van der Waals surface area contributed by atoms with E-state index in [2.05, 4.69) is 16.2 Å². The Labute approximate surface area is 92.8 Å². The molecule has 0 fully saturated rings. The number of amides is 1. The molecule has 1 rings (SSSR count). The van der Waals surface area contributed by atoms with E-state index in [-0.39, 0.29) is 0 Å². The predicted molar refractivity (Wildman–Crippen MR) is 61.6 cm³/mol. The first-order chi connectivity index (χ1) is 7.26. The van der Waals surface area contributed by atoms with E-state index >= 15 is 0 Å². The number of benzene rings is 1. The lowest BCUT2D eigenvalue weighted by Gasteiger charge is -2.09. The van der Waals surface area contributed by atoms with Gasteiger partial charge >= 0.3 is 0 Å². The van der Waals surface area contributed by atoms with Gasteiger partial charge in [0.2, 0.25) is 6.41 Å². The maximum atomic E-state index is 9.97. The Morgan fingerprint density at radius 3 is 2.60 bits per heavy atom. The average Bonchev–Trinajstić information content (AvgIpc) is 2.27. The highest BCUT2D eigenvalue weighted by molar-refractivity contribution is 7.80. The smallest absolute Gasteiger partial charge is 0.225 e. The number of carbonyl (C=O) groups is 1. The Morgan fingerprint density at radius 2 is 2.07 bits per heavy atom. The Kier molecular flexibility index (Phi) is 4.36. The molecule has 0 aromatic heterocycles. The Hall–Kier alpha value is -1.82. The summed E-state index contributed by atoms with van der Waals surface area (Å²) >= 11 is 4.89. The van der Waals surface area contributed by atoms with E-state index in [0.29, 0.717) is 11.5 Å². The third kappa shape index (κ3) is 3.82. The molecule has 0 bridgehead atoms. The standard InChI is InChI=1S/C9H11N3O2S/c1-14-8-4-2-7(3-5-8)11-9(15)12-10-6-13/h2-6H,1H3,(H,10,13)(H2,11,12,15). The van der Waals surface area contributed by atoms with E-state index in [4.69, 9.17) is 17.0 Å². The summed E-state index contributed by atoms with van der Waals surface area (Å²) in [4.78, 5) is 9.97. The van der Waals surface area contributed by atoms with Gasteiger partial charge in [-0.05, 0) is 36.5 Å². The van der Waals surface area contributed by atoms with Crippen LogP contribution in [0.2, 0.25) is 0 Å². The summed E-state index contributed by atoms with van der Waals surface area (Å²) in [5.41, 5.74) is 5.52. The third-order valence-electron chi connectivity index (χ3n) is 1.59. The fourth-order valence-corrected chi connectivity index (χ4v) is 1.11. The van der Waals surface area contributed by atoms with Gasteiger partial charge in [-0.15, -0.1) is 0 Å². The van der Waals surface area contributed by atoms with Gasteiger partial charge in [0.25, 0.3) is 0 Å². The van der Waals surface area contributed by atoms with Gasteiger partial charge in [-0.25, -0.2) is 0 Å². The van der Waals surface area contributed by atoms with Gasteiger partial charge in [0.15, 0.2) is 5.11 Å². The first kappa shape index (κ1) is 11.3. The van der Waals surface area contributed by atoms with Crippen LogP contribution in [0.5, 0.6) is 5.75 Å². The van der Waals surface area contributed by atoms with Crippen molar-refractivity contribution in [3.05, 3.63) is 24.3 Å². The molecule has 0 aliphatic heterocycles. The molecule has 0 spiro atoms. The molecule has 5 nitrogen and oxygen atoms in total. The number of thiocarbonyl (C=S) groups is 1. The van der Waals surface area contributed by atoms with Crippen LogP contribution in [0.4, 0.5) is 5.69 Å². The van der Waals surface area contributed by atoms with Gasteiger partial charge in [-0.3, -0.25) is 15.6 Å². The number of rotatable bonds is 4. The number of carbonyl (C=O) groups excluding carboxylic acids is 1. The highest BCUT2D eigenvalue weighted by Gasteiger charge is 1.96. The normalized spacial score (nSPS) is 8.87. The molecule has 1 amide bonds. The third-order valence-corrected chi connectivity index (χ3v) is 1.80. The summed E-state index contributed by atoms with van der Waals surface area (Å²) in [6, 6.07) is 7.23. The molecule has 1 aromatic carbocycles. The average molecular weight is 225 g/mol. The summed E-state index contributed by atoms with van der Waals surface area (Å²) in [5, 5.41) is 3.18. The first-order valence-corrected chi connectivity index (χ1v) is 4.57. The zero-order valence-electron chi connectivity index (χ0n) is 8.11. The van der Waals surface area contributed by atoms with E-state index in [1.54, 1.807) is 19.2 Å². The molecule has 6 heteroatoms. The summed E-state index contributed by atoms with van der Waals surface area (Å²) in [7, 11) is 1.60. The second-order valence-corrected chi connectivity index (χ2v) is 2.98. The number of methoxy groups -OCH3 is 1. The summed E-state index contributed by atoms with van der Waals surface area (Å²) < 4.78 is 5.00. The van der Waals surface area contributed by atoms with Gasteiger partial charge in [0.1, 0.15) is 5.75 Å². The molecule has 0 aliphatic carbocycles. The topological polar surface area (TPSA) is 62.4 Å². The van der Waals surface area contributed by atoms with Crippen LogP contribution in [0.3, 0.4) is 0 Å². The maximum absolute atomic E-state index is 9.97. The first-order valence-electron chi connectivity index (χ1n) is 4.16. The fourth-order valence-electron chi connectivity index (χ4n) is 0.932. The van der Waals surface area contributed by atoms with Crippen molar-refractivity contribution < 1.29 is 9.53 Å². The minimum Gasteiger partial charge on any atom is -0.497 e. The highest BCUT2D eigenvalue weighted by atomic mass is 32.1. The van der Waals surface area contributed by atoms with Crippen LogP contribution in [0.15, 0.2) is 24.3 Å². The Morgan fingerprint density at radius 1 is 1.40 bits per heavy atom. The molecule has 0 saturated heterocycles. The number of ether oxygens (including phenoxy) is 1.